The van der Waals surface area contributed by atoms with Crippen LogP contribution in [0.4, 0.5) is 0 Å². The van der Waals surface area contributed by atoms with E-state index in [4.69, 9.17) is 4.42 Å². The third kappa shape index (κ3) is 4.06. The summed E-state index contributed by atoms with van der Waals surface area (Å²) in [7, 11) is 0. The standard InChI is InChI=1S/C23H20N2O2/c26-23(14-20-9-3-8-19-7-1-2-11-22(19)20)25(17-21-10-5-13-27-21)16-18-6-4-12-24-15-18/h1-13,15H,14,16-17H2. The minimum absolute atomic E-state index is 0.0617. The number of fused-ring (bicyclic) bond motifs is 1. The van der Waals surface area contributed by atoms with E-state index in [1.54, 1.807) is 18.7 Å². The van der Waals surface area contributed by atoms with E-state index in [0.29, 0.717) is 19.5 Å². The van der Waals surface area contributed by atoms with E-state index in [-0.39, 0.29) is 5.91 Å². The second-order valence-corrected chi connectivity index (χ2v) is 6.51. The number of pyridine rings is 1. The molecule has 0 bridgehead atoms. The maximum atomic E-state index is 13.2. The first-order valence-corrected chi connectivity index (χ1v) is 8.95. The number of carbonyl (C=O) groups excluding carboxylic acids is 1. The molecule has 2 aromatic carbocycles. The van der Waals surface area contributed by atoms with Crippen molar-refractivity contribution in [3.05, 3.63) is 102 Å². The van der Waals surface area contributed by atoms with Crippen LogP contribution in [-0.2, 0) is 24.3 Å². The molecule has 0 aliphatic heterocycles. The maximum Gasteiger partial charge on any atom is 0.227 e. The van der Waals surface area contributed by atoms with Crippen molar-refractivity contribution in [3.8, 4) is 0 Å². The van der Waals surface area contributed by atoms with Gasteiger partial charge in [0.1, 0.15) is 5.76 Å². The Hall–Kier alpha value is -3.40. The summed E-state index contributed by atoms with van der Waals surface area (Å²) in [4.78, 5) is 19.1. The number of carbonyl (C=O) groups is 1. The molecule has 134 valence electrons. The van der Waals surface area contributed by atoms with Crippen molar-refractivity contribution in [2.24, 2.45) is 0 Å². The van der Waals surface area contributed by atoms with Crippen molar-refractivity contribution in [1.82, 2.24) is 9.88 Å². The second kappa shape index (κ2) is 7.87. The van der Waals surface area contributed by atoms with Gasteiger partial charge in [-0.25, -0.2) is 0 Å². The average molecular weight is 356 g/mol. The fourth-order valence-electron chi connectivity index (χ4n) is 3.26. The molecule has 0 spiro atoms. The van der Waals surface area contributed by atoms with Crippen LogP contribution in [0, 0.1) is 0 Å². The van der Waals surface area contributed by atoms with Crippen molar-refractivity contribution in [2.75, 3.05) is 0 Å². The predicted octanol–water partition coefficient (Wildman–Crippen LogP) is 4.60. The summed E-state index contributed by atoms with van der Waals surface area (Å²) in [5.74, 6) is 0.830. The van der Waals surface area contributed by atoms with Gasteiger partial charge in [-0.2, -0.15) is 0 Å². The molecule has 4 rings (SSSR count). The van der Waals surface area contributed by atoms with Gasteiger partial charge in [0.2, 0.25) is 5.91 Å². The van der Waals surface area contributed by atoms with Crippen LogP contribution in [0.1, 0.15) is 16.9 Å². The van der Waals surface area contributed by atoms with E-state index < -0.39 is 0 Å². The SMILES string of the molecule is O=C(Cc1cccc2ccccc12)N(Cc1cccnc1)Cc1ccco1. The fraction of sp³-hybridized carbons (Fsp3) is 0.130. The number of rotatable bonds is 6. The summed E-state index contributed by atoms with van der Waals surface area (Å²) >= 11 is 0. The van der Waals surface area contributed by atoms with Crippen LogP contribution in [-0.4, -0.2) is 15.8 Å². The van der Waals surface area contributed by atoms with Gasteiger partial charge >= 0.3 is 0 Å². The number of furan rings is 1. The van der Waals surface area contributed by atoms with Crippen LogP contribution >= 0.6 is 0 Å². The molecule has 0 saturated carbocycles. The quantitative estimate of drug-likeness (QED) is 0.507. The number of nitrogens with zero attached hydrogens (tertiary/aromatic N) is 2. The lowest BCUT2D eigenvalue weighted by molar-refractivity contribution is -0.132. The van der Waals surface area contributed by atoms with Gasteiger partial charge in [0.25, 0.3) is 0 Å². The highest BCUT2D eigenvalue weighted by atomic mass is 16.3. The minimum Gasteiger partial charge on any atom is -0.467 e. The van der Waals surface area contributed by atoms with E-state index in [9.17, 15) is 4.79 Å². The van der Waals surface area contributed by atoms with Crippen LogP contribution in [0.5, 0.6) is 0 Å². The second-order valence-electron chi connectivity index (χ2n) is 6.51. The van der Waals surface area contributed by atoms with Crippen LogP contribution in [0.3, 0.4) is 0 Å². The molecule has 0 aliphatic rings. The molecule has 4 heteroatoms. The Kier molecular flexibility index (Phi) is 4.97. The maximum absolute atomic E-state index is 13.2. The first kappa shape index (κ1) is 17.0. The topological polar surface area (TPSA) is 46.3 Å². The Morgan fingerprint density at radius 3 is 2.63 bits per heavy atom. The summed E-state index contributed by atoms with van der Waals surface area (Å²) in [5.41, 5.74) is 2.03. The molecule has 1 amide bonds. The molecular formula is C23H20N2O2. The van der Waals surface area contributed by atoms with Crippen LogP contribution < -0.4 is 0 Å². The molecule has 0 fully saturated rings. The van der Waals surface area contributed by atoms with E-state index in [1.807, 2.05) is 53.4 Å². The highest BCUT2D eigenvalue weighted by Crippen LogP contribution is 2.20. The van der Waals surface area contributed by atoms with E-state index >= 15 is 0 Å². The van der Waals surface area contributed by atoms with Gasteiger partial charge in [0.15, 0.2) is 0 Å². The predicted molar refractivity (Wildman–Crippen MR) is 105 cm³/mol. The van der Waals surface area contributed by atoms with Crippen LogP contribution in [0.2, 0.25) is 0 Å². The molecule has 0 N–H and O–H groups in total. The zero-order valence-electron chi connectivity index (χ0n) is 14.9. The van der Waals surface area contributed by atoms with Crippen molar-refractivity contribution in [2.45, 2.75) is 19.5 Å². The number of aromatic nitrogens is 1. The normalized spacial score (nSPS) is 10.8. The summed E-state index contributed by atoms with van der Waals surface area (Å²) in [6.07, 6.45) is 5.51. The minimum atomic E-state index is 0.0617. The number of amides is 1. The third-order valence-electron chi connectivity index (χ3n) is 4.60. The zero-order valence-corrected chi connectivity index (χ0v) is 14.9. The molecule has 2 heterocycles. The first-order chi connectivity index (χ1) is 13.3. The van der Waals surface area contributed by atoms with Gasteiger partial charge < -0.3 is 9.32 Å². The van der Waals surface area contributed by atoms with Crippen LogP contribution in [0.25, 0.3) is 10.8 Å². The smallest absolute Gasteiger partial charge is 0.227 e. The third-order valence-corrected chi connectivity index (χ3v) is 4.60. The Morgan fingerprint density at radius 1 is 0.926 bits per heavy atom. The lowest BCUT2D eigenvalue weighted by atomic mass is 10.0. The molecule has 0 saturated heterocycles. The molecule has 27 heavy (non-hydrogen) atoms. The Balaban J connectivity index is 1.59. The summed E-state index contributed by atoms with van der Waals surface area (Å²) < 4.78 is 5.46. The van der Waals surface area contributed by atoms with E-state index in [1.165, 1.54) is 0 Å². The first-order valence-electron chi connectivity index (χ1n) is 8.95. The zero-order chi connectivity index (χ0) is 18.5. The van der Waals surface area contributed by atoms with Gasteiger partial charge in [-0.3, -0.25) is 9.78 Å². The molecule has 0 unspecified atom stereocenters. The molecular weight excluding hydrogens is 336 g/mol. The van der Waals surface area contributed by atoms with E-state index in [2.05, 4.69) is 23.2 Å². The monoisotopic (exact) mass is 356 g/mol. The molecule has 4 nitrogen and oxygen atoms in total. The van der Waals surface area contributed by atoms with Gasteiger partial charge in [-0.15, -0.1) is 0 Å². The fourth-order valence-corrected chi connectivity index (χ4v) is 3.26. The highest BCUT2D eigenvalue weighted by molar-refractivity contribution is 5.90. The van der Waals surface area contributed by atoms with Gasteiger partial charge in [-0.05, 0) is 40.1 Å². The van der Waals surface area contributed by atoms with Crippen molar-refractivity contribution in [1.29, 1.82) is 0 Å². The molecule has 0 aliphatic carbocycles. The summed E-state index contributed by atoms with van der Waals surface area (Å²) in [5, 5.41) is 2.26. The lowest BCUT2D eigenvalue weighted by Gasteiger charge is -2.22. The highest BCUT2D eigenvalue weighted by Gasteiger charge is 2.17. The van der Waals surface area contributed by atoms with Gasteiger partial charge in [0.05, 0.1) is 19.2 Å². The lowest BCUT2D eigenvalue weighted by Crippen LogP contribution is -2.31. The Morgan fingerprint density at radius 2 is 1.81 bits per heavy atom. The van der Waals surface area contributed by atoms with Crippen molar-refractivity contribution < 1.29 is 9.21 Å². The molecule has 2 aromatic heterocycles. The number of hydrogen-bond acceptors (Lipinski definition) is 3. The van der Waals surface area contributed by atoms with E-state index in [0.717, 1.165) is 27.7 Å². The Bertz CT molecular complexity index is 1020. The van der Waals surface area contributed by atoms with Crippen molar-refractivity contribution >= 4 is 16.7 Å². The molecule has 4 aromatic rings. The molecule has 0 atom stereocenters. The summed E-state index contributed by atoms with van der Waals surface area (Å²) in [6.45, 7) is 0.934. The molecule has 0 radical (unpaired) electrons. The van der Waals surface area contributed by atoms with Crippen LogP contribution in [0.15, 0.2) is 89.8 Å². The Labute approximate surface area is 158 Å². The summed E-state index contributed by atoms with van der Waals surface area (Å²) in [6, 6.07) is 21.8. The van der Waals surface area contributed by atoms with Gasteiger partial charge in [-0.1, -0.05) is 48.5 Å². The average Bonchev–Trinajstić information content (AvgIpc) is 3.22. The van der Waals surface area contributed by atoms with Gasteiger partial charge in [0, 0.05) is 18.9 Å². The largest absolute Gasteiger partial charge is 0.467 e. The number of hydrogen-bond donors (Lipinski definition) is 0. The van der Waals surface area contributed by atoms with Crippen molar-refractivity contribution in [3.63, 3.8) is 0 Å². The number of benzene rings is 2.